The van der Waals surface area contributed by atoms with Crippen LogP contribution in [-0.4, -0.2) is 15.4 Å². The standard InChI is InChI=1S/C16H22ClFN2/c1-3-4-5-6-9-20-15-10-12(2)13(18)11-14(15)19-16(20)7-8-17/h10-11H,3-9H2,1-2H3. The van der Waals surface area contributed by atoms with E-state index < -0.39 is 0 Å². The van der Waals surface area contributed by atoms with Crippen molar-refractivity contribution in [2.24, 2.45) is 0 Å². The van der Waals surface area contributed by atoms with Crippen molar-refractivity contribution in [3.8, 4) is 0 Å². The number of benzene rings is 1. The van der Waals surface area contributed by atoms with Gasteiger partial charge in [-0.25, -0.2) is 9.37 Å². The zero-order valence-corrected chi connectivity index (χ0v) is 13.0. The van der Waals surface area contributed by atoms with Crippen LogP contribution in [0.15, 0.2) is 12.1 Å². The van der Waals surface area contributed by atoms with Gasteiger partial charge in [0.2, 0.25) is 0 Å². The average molecular weight is 297 g/mol. The molecule has 0 unspecified atom stereocenters. The molecule has 0 spiro atoms. The Labute approximate surface area is 125 Å². The van der Waals surface area contributed by atoms with Crippen molar-refractivity contribution < 1.29 is 4.39 Å². The molecule has 0 aliphatic carbocycles. The largest absolute Gasteiger partial charge is 0.328 e. The Bertz CT molecular complexity index is 577. The van der Waals surface area contributed by atoms with Gasteiger partial charge in [0.1, 0.15) is 11.6 Å². The summed E-state index contributed by atoms with van der Waals surface area (Å²) in [5.41, 5.74) is 2.44. The SMILES string of the molecule is CCCCCCn1c(CCCl)nc2cc(F)c(C)cc21. The van der Waals surface area contributed by atoms with Crippen LogP contribution >= 0.6 is 11.6 Å². The van der Waals surface area contributed by atoms with Crippen molar-refractivity contribution in [1.82, 2.24) is 9.55 Å². The average Bonchev–Trinajstić information content (AvgIpc) is 2.73. The first-order chi connectivity index (χ1) is 9.67. The third-order valence-corrected chi connectivity index (χ3v) is 3.85. The zero-order chi connectivity index (χ0) is 14.5. The molecule has 4 heteroatoms. The van der Waals surface area contributed by atoms with Gasteiger partial charge in [-0.1, -0.05) is 26.2 Å². The number of fused-ring (bicyclic) bond motifs is 1. The predicted molar refractivity (Wildman–Crippen MR) is 83.0 cm³/mol. The van der Waals surface area contributed by atoms with Gasteiger partial charge < -0.3 is 4.57 Å². The molecule has 0 radical (unpaired) electrons. The summed E-state index contributed by atoms with van der Waals surface area (Å²) in [6, 6.07) is 3.43. The minimum atomic E-state index is -0.189. The van der Waals surface area contributed by atoms with Crippen LogP contribution in [0.2, 0.25) is 0 Å². The summed E-state index contributed by atoms with van der Waals surface area (Å²) in [7, 11) is 0. The summed E-state index contributed by atoms with van der Waals surface area (Å²) >= 11 is 5.85. The van der Waals surface area contributed by atoms with Gasteiger partial charge in [0, 0.05) is 24.9 Å². The van der Waals surface area contributed by atoms with Crippen molar-refractivity contribution in [1.29, 1.82) is 0 Å². The third-order valence-electron chi connectivity index (χ3n) is 3.66. The summed E-state index contributed by atoms with van der Waals surface area (Å²) in [6.07, 6.45) is 5.56. The Morgan fingerprint density at radius 3 is 2.75 bits per heavy atom. The van der Waals surface area contributed by atoms with Crippen LogP contribution in [0.5, 0.6) is 0 Å². The maximum Gasteiger partial charge on any atom is 0.128 e. The van der Waals surface area contributed by atoms with E-state index in [0.29, 0.717) is 11.4 Å². The van der Waals surface area contributed by atoms with E-state index in [9.17, 15) is 4.39 Å². The second-order valence-electron chi connectivity index (χ2n) is 5.27. The molecule has 0 aliphatic rings. The molecule has 0 bridgehead atoms. The third kappa shape index (κ3) is 3.32. The number of hydrogen-bond acceptors (Lipinski definition) is 1. The van der Waals surface area contributed by atoms with E-state index in [1.165, 1.54) is 25.3 Å². The zero-order valence-electron chi connectivity index (χ0n) is 12.3. The summed E-state index contributed by atoms with van der Waals surface area (Å²) in [5.74, 6) is 1.32. The number of hydrogen-bond donors (Lipinski definition) is 0. The molecule has 2 aromatic rings. The van der Waals surface area contributed by atoms with E-state index >= 15 is 0 Å². The normalized spacial score (nSPS) is 11.4. The molecule has 0 atom stereocenters. The second kappa shape index (κ2) is 7.07. The monoisotopic (exact) mass is 296 g/mol. The van der Waals surface area contributed by atoms with E-state index in [1.54, 1.807) is 6.92 Å². The summed E-state index contributed by atoms with van der Waals surface area (Å²) < 4.78 is 15.9. The molecule has 20 heavy (non-hydrogen) atoms. The number of aromatic nitrogens is 2. The van der Waals surface area contributed by atoms with E-state index in [0.717, 1.165) is 36.2 Å². The van der Waals surface area contributed by atoms with Gasteiger partial charge in [-0.05, 0) is 25.0 Å². The minimum Gasteiger partial charge on any atom is -0.328 e. The molecular formula is C16H22ClFN2. The van der Waals surface area contributed by atoms with Gasteiger partial charge in [0.25, 0.3) is 0 Å². The van der Waals surface area contributed by atoms with Gasteiger partial charge in [0.05, 0.1) is 11.0 Å². The maximum absolute atomic E-state index is 13.7. The van der Waals surface area contributed by atoms with Gasteiger partial charge in [-0.2, -0.15) is 0 Å². The minimum absolute atomic E-state index is 0.189. The maximum atomic E-state index is 13.7. The highest BCUT2D eigenvalue weighted by Crippen LogP contribution is 2.22. The molecular weight excluding hydrogens is 275 g/mol. The van der Waals surface area contributed by atoms with Crippen LogP contribution < -0.4 is 0 Å². The first kappa shape index (κ1) is 15.3. The Hall–Kier alpha value is -1.09. The van der Waals surface area contributed by atoms with Gasteiger partial charge >= 0.3 is 0 Å². The smallest absolute Gasteiger partial charge is 0.128 e. The highest BCUT2D eigenvalue weighted by Gasteiger charge is 2.12. The van der Waals surface area contributed by atoms with Crippen LogP contribution in [-0.2, 0) is 13.0 Å². The molecule has 0 aliphatic heterocycles. The van der Waals surface area contributed by atoms with E-state index in [1.807, 2.05) is 6.07 Å². The second-order valence-corrected chi connectivity index (χ2v) is 5.65. The first-order valence-electron chi connectivity index (χ1n) is 7.38. The summed E-state index contributed by atoms with van der Waals surface area (Å²) in [4.78, 5) is 4.54. The van der Waals surface area contributed by atoms with Crippen molar-refractivity contribution in [3.05, 3.63) is 29.3 Å². The molecule has 2 rings (SSSR count). The molecule has 110 valence electrons. The number of imidazole rings is 1. The summed E-state index contributed by atoms with van der Waals surface area (Å²) in [6.45, 7) is 4.94. The fourth-order valence-electron chi connectivity index (χ4n) is 2.52. The fourth-order valence-corrected chi connectivity index (χ4v) is 2.69. The molecule has 0 saturated heterocycles. The van der Waals surface area contributed by atoms with E-state index in [2.05, 4.69) is 16.5 Å². The van der Waals surface area contributed by atoms with Gasteiger partial charge in [-0.15, -0.1) is 11.6 Å². The molecule has 0 amide bonds. The highest BCUT2D eigenvalue weighted by molar-refractivity contribution is 6.17. The first-order valence-corrected chi connectivity index (χ1v) is 7.92. The number of alkyl halides is 1. The van der Waals surface area contributed by atoms with Crippen molar-refractivity contribution in [3.63, 3.8) is 0 Å². The van der Waals surface area contributed by atoms with E-state index in [4.69, 9.17) is 11.6 Å². The highest BCUT2D eigenvalue weighted by atomic mass is 35.5. The van der Waals surface area contributed by atoms with Gasteiger partial charge in [0.15, 0.2) is 0 Å². The van der Waals surface area contributed by atoms with Crippen molar-refractivity contribution in [2.75, 3.05) is 5.88 Å². The molecule has 2 nitrogen and oxygen atoms in total. The molecule has 0 saturated carbocycles. The van der Waals surface area contributed by atoms with Gasteiger partial charge in [-0.3, -0.25) is 0 Å². The van der Waals surface area contributed by atoms with Crippen molar-refractivity contribution >= 4 is 22.6 Å². The lowest BCUT2D eigenvalue weighted by Gasteiger charge is -2.08. The number of unbranched alkanes of at least 4 members (excludes halogenated alkanes) is 3. The van der Waals surface area contributed by atoms with Crippen molar-refractivity contribution in [2.45, 2.75) is 52.5 Å². The molecule has 1 aromatic carbocycles. The lowest BCUT2D eigenvalue weighted by Crippen LogP contribution is -2.05. The Kier molecular flexibility index (Phi) is 5.41. The lowest BCUT2D eigenvalue weighted by molar-refractivity contribution is 0.576. The Morgan fingerprint density at radius 2 is 2.05 bits per heavy atom. The molecule has 1 aromatic heterocycles. The van der Waals surface area contributed by atoms with Crippen LogP contribution in [0.3, 0.4) is 0 Å². The Morgan fingerprint density at radius 1 is 1.25 bits per heavy atom. The quantitative estimate of drug-likeness (QED) is 0.528. The number of halogens is 2. The lowest BCUT2D eigenvalue weighted by atomic mass is 10.2. The molecule has 0 fully saturated rings. The van der Waals surface area contributed by atoms with Crippen LogP contribution in [0.25, 0.3) is 11.0 Å². The number of aryl methyl sites for hydroxylation is 3. The molecule has 0 N–H and O–H groups in total. The van der Waals surface area contributed by atoms with Crippen LogP contribution in [0.4, 0.5) is 4.39 Å². The van der Waals surface area contributed by atoms with Crippen LogP contribution in [0, 0.1) is 12.7 Å². The summed E-state index contributed by atoms with van der Waals surface area (Å²) in [5, 5.41) is 0. The fraction of sp³-hybridized carbons (Fsp3) is 0.562. The number of rotatable bonds is 7. The number of nitrogens with zero attached hydrogens (tertiary/aromatic N) is 2. The topological polar surface area (TPSA) is 17.8 Å². The Balaban J connectivity index is 2.32. The van der Waals surface area contributed by atoms with E-state index in [-0.39, 0.29) is 5.82 Å². The predicted octanol–water partition coefficient (Wildman–Crippen LogP) is 4.85. The molecule has 1 heterocycles. The van der Waals surface area contributed by atoms with Crippen LogP contribution in [0.1, 0.15) is 44.0 Å².